The molecule has 5 heteroatoms. The van der Waals surface area contributed by atoms with Gasteiger partial charge in [-0.25, -0.2) is 0 Å². The van der Waals surface area contributed by atoms with Gasteiger partial charge in [0.1, 0.15) is 11.6 Å². The second-order valence-corrected chi connectivity index (χ2v) is 5.18. The molecule has 0 aliphatic heterocycles. The van der Waals surface area contributed by atoms with Gasteiger partial charge in [0.15, 0.2) is 0 Å². The number of furan rings is 1. The monoisotopic (exact) mass is 286 g/mol. The Morgan fingerprint density at radius 3 is 2.67 bits per heavy atom. The molecule has 0 aliphatic carbocycles. The number of rotatable bonds is 7. The first kappa shape index (κ1) is 15.1. The van der Waals surface area contributed by atoms with Crippen molar-refractivity contribution in [1.82, 2.24) is 9.97 Å². The molecule has 1 atom stereocenters. The third kappa shape index (κ3) is 3.07. The van der Waals surface area contributed by atoms with Crippen LogP contribution in [0, 0.1) is 5.92 Å². The minimum atomic E-state index is 0.118. The Morgan fingerprint density at radius 2 is 2.05 bits per heavy atom. The van der Waals surface area contributed by atoms with Crippen LogP contribution < -0.4 is 11.5 Å². The number of hydrogen-bond acceptors (Lipinski definition) is 5. The van der Waals surface area contributed by atoms with Gasteiger partial charge in [-0.3, -0.25) is 0 Å². The Hall–Kier alpha value is -2.30. The van der Waals surface area contributed by atoms with Crippen molar-refractivity contribution in [1.29, 1.82) is 0 Å². The van der Waals surface area contributed by atoms with Crippen LogP contribution in [0.3, 0.4) is 0 Å². The summed E-state index contributed by atoms with van der Waals surface area (Å²) in [5.74, 6) is 1.66. The second kappa shape index (κ2) is 6.43. The van der Waals surface area contributed by atoms with Gasteiger partial charge in [-0.05, 0) is 24.8 Å². The van der Waals surface area contributed by atoms with Crippen LogP contribution in [0.1, 0.15) is 37.5 Å². The average Bonchev–Trinajstić information content (AvgIpc) is 2.77. The van der Waals surface area contributed by atoms with E-state index in [0.717, 1.165) is 36.6 Å². The molecule has 112 valence electrons. The van der Waals surface area contributed by atoms with Crippen molar-refractivity contribution in [3.05, 3.63) is 30.6 Å². The smallest absolute Gasteiger partial charge is 0.233 e. The van der Waals surface area contributed by atoms with Crippen LogP contribution >= 0.6 is 0 Å². The van der Waals surface area contributed by atoms with Gasteiger partial charge in [0.25, 0.3) is 0 Å². The standard InChI is InChI=1S/C16H22N4O/c1-4-7-10(8-5-2)9-11-12(6-3)21-15-13(11)14(17)19-16(18)20-15/h4,6,10H,1,3,5,7-9H2,2H3,(H4,17,18,19,20). The molecule has 0 bridgehead atoms. The number of nitrogen functional groups attached to an aromatic ring is 2. The highest BCUT2D eigenvalue weighted by molar-refractivity contribution is 5.91. The van der Waals surface area contributed by atoms with E-state index in [4.69, 9.17) is 15.9 Å². The molecule has 0 amide bonds. The average molecular weight is 286 g/mol. The molecule has 5 nitrogen and oxygen atoms in total. The summed E-state index contributed by atoms with van der Waals surface area (Å²) in [7, 11) is 0. The molecule has 21 heavy (non-hydrogen) atoms. The lowest BCUT2D eigenvalue weighted by Crippen LogP contribution is -2.05. The lowest BCUT2D eigenvalue weighted by molar-refractivity contribution is 0.478. The lowest BCUT2D eigenvalue weighted by atomic mass is 9.91. The summed E-state index contributed by atoms with van der Waals surface area (Å²) < 4.78 is 5.71. The number of fused-ring (bicyclic) bond motifs is 1. The minimum Gasteiger partial charge on any atom is -0.438 e. The van der Waals surface area contributed by atoms with Crippen LogP contribution in [-0.4, -0.2) is 9.97 Å². The first-order valence-corrected chi connectivity index (χ1v) is 7.18. The zero-order valence-corrected chi connectivity index (χ0v) is 12.4. The molecule has 0 saturated heterocycles. The Labute approximate surface area is 124 Å². The maximum atomic E-state index is 6.00. The summed E-state index contributed by atoms with van der Waals surface area (Å²) in [5, 5.41) is 0.754. The van der Waals surface area contributed by atoms with Crippen molar-refractivity contribution in [2.24, 2.45) is 5.92 Å². The Bertz CT molecular complexity index is 660. The molecule has 2 aromatic rings. The van der Waals surface area contributed by atoms with Gasteiger partial charge in [-0.15, -0.1) is 6.58 Å². The van der Waals surface area contributed by atoms with Gasteiger partial charge in [-0.1, -0.05) is 32.4 Å². The summed E-state index contributed by atoms with van der Waals surface area (Å²) in [4.78, 5) is 8.16. The summed E-state index contributed by atoms with van der Waals surface area (Å²) in [6, 6.07) is 0. The van der Waals surface area contributed by atoms with Gasteiger partial charge in [0.2, 0.25) is 11.7 Å². The van der Waals surface area contributed by atoms with Crippen molar-refractivity contribution in [3.8, 4) is 0 Å². The molecule has 2 heterocycles. The summed E-state index contributed by atoms with van der Waals surface area (Å²) in [5.41, 5.74) is 13.1. The molecule has 0 aliphatic rings. The van der Waals surface area contributed by atoms with Gasteiger partial charge < -0.3 is 15.9 Å². The predicted octanol–water partition coefficient (Wildman–Crippen LogP) is 3.57. The Balaban J connectivity index is 2.50. The normalized spacial score (nSPS) is 12.4. The molecule has 0 fully saturated rings. The van der Waals surface area contributed by atoms with Gasteiger partial charge in [0.05, 0.1) is 5.39 Å². The Morgan fingerprint density at radius 1 is 1.29 bits per heavy atom. The third-order valence-corrected chi connectivity index (χ3v) is 3.60. The van der Waals surface area contributed by atoms with Gasteiger partial charge in [-0.2, -0.15) is 9.97 Å². The highest BCUT2D eigenvalue weighted by atomic mass is 16.3. The van der Waals surface area contributed by atoms with E-state index in [9.17, 15) is 0 Å². The second-order valence-electron chi connectivity index (χ2n) is 5.18. The largest absolute Gasteiger partial charge is 0.438 e. The van der Waals surface area contributed by atoms with Crippen LogP contribution in [0.4, 0.5) is 11.8 Å². The maximum Gasteiger partial charge on any atom is 0.233 e. The quantitative estimate of drug-likeness (QED) is 0.759. The van der Waals surface area contributed by atoms with E-state index < -0.39 is 0 Å². The first-order valence-electron chi connectivity index (χ1n) is 7.18. The van der Waals surface area contributed by atoms with Crippen molar-refractivity contribution in [3.63, 3.8) is 0 Å². The zero-order valence-electron chi connectivity index (χ0n) is 12.4. The van der Waals surface area contributed by atoms with Crippen molar-refractivity contribution < 1.29 is 4.42 Å². The summed E-state index contributed by atoms with van der Waals surface area (Å²) in [6.45, 7) is 9.82. The van der Waals surface area contributed by atoms with Crippen molar-refractivity contribution in [2.75, 3.05) is 11.5 Å². The molecule has 2 aromatic heterocycles. The number of aromatic nitrogens is 2. The molecule has 1 unspecified atom stereocenters. The zero-order chi connectivity index (χ0) is 15.4. The highest BCUT2D eigenvalue weighted by Gasteiger charge is 2.20. The fourth-order valence-corrected chi connectivity index (χ4v) is 2.72. The fourth-order valence-electron chi connectivity index (χ4n) is 2.72. The molecule has 0 spiro atoms. The van der Waals surface area contributed by atoms with E-state index in [-0.39, 0.29) is 5.95 Å². The highest BCUT2D eigenvalue weighted by Crippen LogP contribution is 2.33. The summed E-state index contributed by atoms with van der Waals surface area (Å²) >= 11 is 0. The molecule has 0 aromatic carbocycles. The number of hydrogen-bond donors (Lipinski definition) is 2. The summed E-state index contributed by atoms with van der Waals surface area (Å²) in [6.07, 6.45) is 7.66. The van der Waals surface area contributed by atoms with Crippen LogP contribution in [0.5, 0.6) is 0 Å². The van der Waals surface area contributed by atoms with Crippen molar-refractivity contribution >= 4 is 28.9 Å². The number of nitrogens with zero attached hydrogens (tertiary/aromatic N) is 2. The third-order valence-electron chi connectivity index (χ3n) is 3.60. The van der Waals surface area contributed by atoms with E-state index in [1.165, 1.54) is 0 Å². The van der Waals surface area contributed by atoms with E-state index in [1.54, 1.807) is 6.08 Å². The number of allylic oxidation sites excluding steroid dienone is 1. The molecule has 4 N–H and O–H groups in total. The number of nitrogens with two attached hydrogens (primary N) is 2. The van der Waals surface area contributed by atoms with Crippen LogP contribution in [0.15, 0.2) is 23.7 Å². The van der Waals surface area contributed by atoms with E-state index in [2.05, 4.69) is 30.0 Å². The van der Waals surface area contributed by atoms with Crippen LogP contribution in [-0.2, 0) is 6.42 Å². The van der Waals surface area contributed by atoms with Crippen LogP contribution in [0.25, 0.3) is 17.2 Å². The minimum absolute atomic E-state index is 0.118. The topological polar surface area (TPSA) is 91.0 Å². The van der Waals surface area contributed by atoms with Gasteiger partial charge >= 0.3 is 0 Å². The van der Waals surface area contributed by atoms with Gasteiger partial charge in [0, 0.05) is 5.56 Å². The van der Waals surface area contributed by atoms with E-state index in [1.807, 2.05) is 6.08 Å². The predicted molar refractivity (Wildman–Crippen MR) is 87.6 cm³/mol. The van der Waals surface area contributed by atoms with Crippen LogP contribution in [0.2, 0.25) is 0 Å². The molecule has 0 saturated carbocycles. The lowest BCUT2D eigenvalue weighted by Gasteiger charge is -2.13. The SMILES string of the molecule is C=CCC(CCC)Cc1c(C=C)oc2nc(N)nc(N)c12. The number of anilines is 2. The molecular weight excluding hydrogens is 264 g/mol. The molecule has 2 rings (SSSR count). The van der Waals surface area contributed by atoms with Crippen molar-refractivity contribution in [2.45, 2.75) is 32.6 Å². The van der Waals surface area contributed by atoms with E-state index >= 15 is 0 Å². The molecular formula is C16H22N4O. The molecule has 0 radical (unpaired) electrons. The first-order chi connectivity index (χ1) is 10.1. The maximum absolute atomic E-state index is 6.00. The fraction of sp³-hybridized carbons (Fsp3) is 0.375. The Kier molecular flexibility index (Phi) is 4.62. The van der Waals surface area contributed by atoms with E-state index in [0.29, 0.717) is 23.2 Å².